The normalized spacial score (nSPS) is 12.5. The summed E-state index contributed by atoms with van der Waals surface area (Å²) >= 11 is 3.48. The fourth-order valence-corrected chi connectivity index (χ4v) is 2.71. The van der Waals surface area contributed by atoms with Crippen LogP contribution in [0.4, 0.5) is 4.39 Å². The van der Waals surface area contributed by atoms with Crippen LogP contribution in [-0.2, 0) is 5.41 Å². The molecule has 0 atom stereocenters. The van der Waals surface area contributed by atoms with Crippen LogP contribution in [-0.4, -0.2) is 14.4 Å². The third-order valence-corrected chi connectivity index (χ3v) is 4.11. The van der Waals surface area contributed by atoms with Gasteiger partial charge in [-0.1, -0.05) is 20.8 Å². The van der Waals surface area contributed by atoms with Gasteiger partial charge in [-0.05, 0) is 35.0 Å². The molecule has 0 fully saturated rings. The van der Waals surface area contributed by atoms with Gasteiger partial charge in [0.15, 0.2) is 0 Å². The molecule has 2 heterocycles. The summed E-state index contributed by atoms with van der Waals surface area (Å²) < 4.78 is 16.3. The van der Waals surface area contributed by atoms with Gasteiger partial charge in [-0.3, -0.25) is 4.40 Å². The average Bonchev–Trinajstić information content (AvgIpc) is 2.63. The number of aromatic nitrogens is 3. The van der Waals surface area contributed by atoms with Gasteiger partial charge in [-0.25, -0.2) is 14.4 Å². The fraction of sp³-hybridized carbons (Fsp3) is 0.333. The van der Waals surface area contributed by atoms with Crippen molar-refractivity contribution in [3.05, 3.63) is 40.1 Å². The van der Waals surface area contributed by atoms with E-state index in [0.717, 1.165) is 27.2 Å². The molecule has 0 amide bonds. The van der Waals surface area contributed by atoms with Crippen molar-refractivity contribution in [2.24, 2.45) is 0 Å². The van der Waals surface area contributed by atoms with Crippen LogP contribution in [0.3, 0.4) is 0 Å². The molecule has 0 saturated carbocycles. The van der Waals surface area contributed by atoms with E-state index < -0.39 is 0 Å². The summed E-state index contributed by atoms with van der Waals surface area (Å²) in [5.41, 5.74) is 2.29. The van der Waals surface area contributed by atoms with Gasteiger partial charge in [0.2, 0.25) is 0 Å². The zero-order valence-corrected chi connectivity index (χ0v) is 13.4. The Kier molecular flexibility index (Phi) is 2.87. The molecule has 3 rings (SSSR count). The number of fused-ring (bicyclic) bond motifs is 3. The predicted molar refractivity (Wildman–Crippen MR) is 81.6 cm³/mol. The molecule has 5 heteroatoms. The molecule has 0 aliphatic rings. The first-order valence-corrected chi connectivity index (χ1v) is 7.22. The van der Waals surface area contributed by atoms with Gasteiger partial charge in [0.25, 0.3) is 0 Å². The van der Waals surface area contributed by atoms with Gasteiger partial charge in [0.05, 0.1) is 11.2 Å². The molecule has 20 heavy (non-hydrogen) atoms. The molecule has 0 radical (unpaired) electrons. The van der Waals surface area contributed by atoms with Crippen molar-refractivity contribution in [3.8, 4) is 0 Å². The first-order chi connectivity index (χ1) is 9.29. The Bertz CT molecular complexity index is 831. The Labute approximate surface area is 125 Å². The summed E-state index contributed by atoms with van der Waals surface area (Å²) in [6, 6.07) is 4.64. The van der Waals surface area contributed by atoms with Crippen molar-refractivity contribution in [1.29, 1.82) is 0 Å². The summed E-state index contributed by atoms with van der Waals surface area (Å²) in [7, 11) is 0. The first kappa shape index (κ1) is 13.5. The molecular weight excluding hydrogens is 321 g/mol. The lowest BCUT2D eigenvalue weighted by atomic mass is 9.95. The molecular formula is C15H15BrFN3. The molecule has 0 unspecified atom stereocenters. The van der Waals surface area contributed by atoms with Gasteiger partial charge in [-0.15, -0.1) is 0 Å². The minimum Gasteiger partial charge on any atom is -0.283 e. The van der Waals surface area contributed by atoms with Crippen molar-refractivity contribution >= 4 is 32.5 Å². The number of nitrogens with zero attached hydrogens (tertiary/aromatic N) is 3. The van der Waals surface area contributed by atoms with Crippen molar-refractivity contribution in [2.75, 3.05) is 0 Å². The summed E-state index contributed by atoms with van der Waals surface area (Å²) in [5, 5.41) is 0.855. The average molecular weight is 336 g/mol. The maximum Gasteiger partial charge on any atom is 0.149 e. The highest BCUT2D eigenvalue weighted by atomic mass is 79.9. The van der Waals surface area contributed by atoms with Crippen LogP contribution < -0.4 is 0 Å². The molecule has 0 spiro atoms. The molecule has 104 valence electrons. The number of imidazole rings is 1. The van der Waals surface area contributed by atoms with E-state index in [1.807, 2.05) is 11.3 Å². The lowest BCUT2D eigenvalue weighted by Gasteiger charge is -2.21. The highest BCUT2D eigenvalue weighted by Crippen LogP contribution is 2.30. The lowest BCUT2D eigenvalue weighted by molar-refractivity contribution is 0.537. The summed E-state index contributed by atoms with van der Waals surface area (Å²) in [6.45, 7) is 8.27. The summed E-state index contributed by atoms with van der Waals surface area (Å²) in [6.07, 6.45) is 0. The number of halogens is 2. The van der Waals surface area contributed by atoms with Crippen LogP contribution in [0.5, 0.6) is 0 Å². The first-order valence-electron chi connectivity index (χ1n) is 6.43. The molecule has 0 aliphatic heterocycles. The smallest absolute Gasteiger partial charge is 0.149 e. The number of hydrogen-bond donors (Lipinski definition) is 0. The highest BCUT2D eigenvalue weighted by Gasteiger charge is 2.23. The number of benzene rings is 1. The number of hydrogen-bond acceptors (Lipinski definition) is 2. The van der Waals surface area contributed by atoms with Crippen molar-refractivity contribution in [1.82, 2.24) is 14.4 Å². The molecule has 3 nitrogen and oxygen atoms in total. The molecule has 0 N–H and O–H groups in total. The van der Waals surface area contributed by atoms with Crippen LogP contribution in [0.25, 0.3) is 16.6 Å². The quantitative estimate of drug-likeness (QED) is 0.609. The topological polar surface area (TPSA) is 30.2 Å². The predicted octanol–water partition coefficient (Wildman–Crippen LogP) is 4.39. The zero-order valence-electron chi connectivity index (χ0n) is 11.8. The maximum atomic E-state index is 13.5. The van der Waals surface area contributed by atoms with Crippen LogP contribution in [0, 0.1) is 12.7 Å². The highest BCUT2D eigenvalue weighted by molar-refractivity contribution is 9.10. The SMILES string of the molecule is Cc1c(Br)nc2c3ccc(F)cc3nc(C(C)(C)C)n12. The van der Waals surface area contributed by atoms with E-state index in [1.165, 1.54) is 12.1 Å². The monoisotopic (exact) mass is 335 g/mol. The second-order valence-corrected chi connectivity index (χ2v) is 6.75. The molecule has 0 bridgehead atoms. The largest absolute Gasteiger partial charge is 0.283 e. The van der Waals surface area contributed by atoms with E-state index in [-0.39, 0.29) is 11.2 Å². The number of aryl methyl sites for hydroxylation is 1. The van der Waals surface area contributed by atoms with Gasteiger partial charge in [-0.2, -0.15) is 0 Å². The zero-order chi connectivity index (χ0) is 14.7. The number of rotatable bonds is 0. The Balaban J connectivity index is 2.58. The molecule has 0 aliphatic carbocycles. The Morgan fingerprint density at radius 3 is 2.55 bits per heavy atom. The van der Waals surface area contributed by atoms with Gasteiger partial charge in [0.1, 0.15) is 21.9 Å². The Hall–Kier alpha value is -1.49. The lowest BCUT2D eigenvalue weighted by Crippen LogP contribution is -2.19. The second-order valence-electron chi connectivity index (χ2n) is 5.99. The molecule has 1 aromatic carbocycles. The van der Waals surface area contributed by atoms with Crippen LogP contribution in [0.2, 0.25) is 0 Å². The van der Waals surface area contributed by atoms with Crippen molar-refractivity contribution in [2.45, 2.75) is 33.1 Å². The fourth-order valence-electron chi connectivity index (χ4n) is 2.37. The van der Waals surface area contributed by atoms with E-state index in [9.17, 15) is 4.39 Å². The van der Waals surface area contributed by atoms with E-state index >= 15 is 0 Å². The van der Waals surface area contributed by atoms with Crippen molar-refractivity contribution < 1.29 is 4.39 Å². The standard InChI is InChI=1S/C15H15BrFN3/c1-8-12(16)19-13-10-6-5-9(17)7-11(10)18-14(20(8)13)15(2,3)4/h5-7H,1-4H3. The van der Waals surface area contributed by atoms with Gasteiger partial charge >= 0.3 is 0 Å². The van der Waals surface area contributed by atoms with Crippen LogP contribution >= 0.6 is 15.9 Å². The summed E-state index contributed by atoms with van der Waals surface area (Å²) in [5.74, 6) is 0.595. The van der Waals surface area contributed by atoms with E-state index in [2.05, 4.69) is 46.7 Å². The summed E-state index contributed by atoms with van der Waals surface area (Å²) in [4.78, 5) is 9.23. The van der Waals surface area contributed by atoms with E-state index in [4.69, 9.17) is 0 Å². The van der Waals surface area contributed by atoms with Gasteiger partial charge in [0, 0.05) is 16.9 Å². The Morgan fingerprint density at radius 2 is 1.90 bits per heavy atom. The minimum atomic E-state index is -0.281. The Morgan fingerprint density at radius 1 is 1.20 bits per heavy atom. The third kappa shape index (κ3) is 1.92. The minimum absolute atomic E-state index is 0.163. The maximum absolute atomic E-state index is 13.5. The van der Waals surface area contributed by atoms with Gasteiger partial charge < -0.3 is 0 Å². The van der Waals surface area contributed by atoms with E-state index in [1.54, 1.807) is 6.07 Å². The van der Waals surface area contributed by atoms with Crippen LogP contribution in [0.15, 0.2) is 22.8 Å². The van der Waals surface area contributed by atoms with Crippen molar-refractivity contribution in [3.63, 3.8) is 0 Å². The van der Waals surface area contributed by atoms with Crippen LogP contribution in [0.1, 0.15) is 32.3 Å². The molecule has 0 saturated heterocycles. The van der Waals surface area contributed by atoms with E-state index in [0.29, 0.717) is 5.52 Å². The third-order valence-electron chi connectivity index (χ3n) is 3.36. The second kappa shape index (κ2) is 4.25. The molecule has 2 aromatic heterocycles. The molecule has 3 aromatic rings.